The molecule has 0 radical (unpaired) electrons. The van der Waals surface area contributed by atoms with E-state index in [0.717, 1.165) is 34.1 Å². The second-order valence-corrected chi connectivity index (χ2v) is 14.1. The van der Waals surface area contributed by atoms with E-state index in [1.807, 2.05) is 0 Å². The lowest BCUT2D eigenvalue weighted by Gasteiger charge is -2.26. The Morgan fingerprint density at radius 3 is 1.17 bits per heavy atom. The predicted molar refractivity (Wildman–Crippen MR) is 216 cm³/mol. The molecule has 2 atom stereocenters. The van der Waals surface area contributed by atoms with Crippen LogP contribution < -0.4 is 20.9 Å². The summed E-state index contributed by atoms with van der Waals surface area (Å²) < 4.78 is 111. The first kappa shape index (κ1) is 44.2. The standard InChI is InChI=1S/2C22H16F4N4O2/c2*1-30-19(31)21(29-20(30)27,14-7-9-16(10-8-14)32-22(24,25)26)15-5-2-4-13(12-15)17-6-3-11-28-18(17)23/h2*2-12H,1H3,(H2,27,29)/t21-;/m1./s1. The van der Waals surface area contributed by atoms with Crippen LogP contribution in [0, 0.1) is 11.9 Å². The van der Waals surface area contributed by atoms with Crippen molar-refractivity contribution < 1.29 is 54.2 Å². The molecule has 20 heteroatoms. The number of ether oxygens (including phenoxy) is 2. The van der Waals surface area contributed by atoms with Crippen molar-refractivity contribution in [2.45, 2.75) is 23.8 Å². The van der Waals surface area contributed by atoms with E-state index in [9.17, 15) is 44.7 Å². The first-order valence-corrected chi connectivity index (χ1v) is 18.7. The summed E-state index contributed by atoms with van der Waals surface area (Å²) in [6.45, 7) is 0. The van der Waals surface area contributed by atoms with Crippen LogP contribution in [0.2, 0.25) is 0 Å². The van der Waals surface area contributed by atoms with Crippen molar-refractivity contribution in [3.8, 4) is 33.8 Å². The Bertz CT molecular complexity index is 2610. The van der Waals surface area contributed by atoms with Crippen LogP contribution in [0.15, 0.2) is 144 Å². The van der Waals surface area contributed by atoms with Gasteiger partial charge in [-0.05, 0) is 94.0 Å². The summed E-state index contributed by atoms with van der Waals surface area (Å²) in [7, 11) is 2.88. The number of carbonyl (C=O) groups is 2. The molecule has 2 aliphatic heterocycles. The summed E-state index contributed by atoms with van der Waals surface area (Å²) >= 11 is 0. The monoisotopic (exact) mass is 888 g/mol. The van der Waals surface area contributed by atoms with Gasteiger partial charge in [0.25, 0.3) is 11.8 Å². The molecular formula is C44H32F8N8O4. The third-order valence-corrected chi connectivity index (χ3v) is 10.2. The average molecular weight is 889 g/mol. The van der Waals surface area contributed by atoms with Crippen molar-refractivity contribution in [3.05, 3.63) is 168 Å². The molecule has 0 fully saturated rings. The summed E-state index contributed by atoms with van der Waals surface area (Å²) in [4.78, 5) is 44.9. The average Bonchev–Trinajstić information content (AvgIpc) is 3.63. The van der Waals surface area contributed by atoms with Gasteiger partial charge in [0.05, 0.1) is 0 Å². The van der Waals surface area contributed by atoms with Gasteiger partial charge in [0.15, 0.2) is 23.0 Å². The minimum Gasteiger partial charge on any atom is -0.406 e. The number of hydrogen-bond acceptors (Lipinski definition) is 10. The summed E-state index contributed by atoms with van der Waals surface area (Å²) in [5, 5.41) is 0. The molecule has 6 aromatic rings. The van der Waals surface area contributed by atoms with Crippen LogP contribution in [-0.2, 0) is 20.7 Å². The van der Waals surface area contributed by atoms with E-state index in [4.69, 9.17) is 11.5 Å². The van der Waals surface area contributed by atoms with Crippen LogP contribution in [0.5, 0.6) is 11.5 Å². The van der Waals surface area contributed by atoms with Crippen molar-refractivity contribution in [1.82, 2.24) is 19.8 Å². The van der Waals surface area contributed by atoms with E-state index >= 15 is 0 Å². The van der Waals surface area contributed by atoms with Gasteiger partial charge < -0.3 is 20.9 Å². The van der Waals surface area contributed by atoms with Crippen LogP contribution in [0.4, 0.5) is 35.1 Å². The van der Waals surface area contributed by atoms with E-state index < -0.39 is 59.0 Å². The molecule has 2 aliphatic rings. The molecule has 2 amide bonds. The molecule has 0 aliphatic carbocycles. The first-order chi connectivity index (χ1) is 30.2. The highest BCUT2D eigenvalue weighted by atomic mass is 19.4. The van der Waals surface area contributed by atoms with Crippen molar-refractivity contribution in [1.29, 1.82) is 0 Å². The number of benzene rings is 4. The maximum absolute atomic E-state index is 14.2. The third-order valence-electron chi connectivity index (χ3n) is 10.2. The maximum atomic E-state index is 14.2. The Labute approximate surface area is 358 Å². The highest BCUT2D eigenvalue weighted by molar-refractivity contribution is 6.10. The highest BCUT2D eigenvalue weighted by Crippen LogP contribution is 2.43. The Morgan fingerprint density at radius 2 is 0.875 bits per heavy atom. The largest absolute Gasteiger partial charge is 0.573 e. The lowest BCUT2D eigenvalue weighted by Crippen LogP contribution is -2.41. The van der Waals surface area contributed by atoms with Gasteiger partial charge in [-0.15, -0.1) is 26.3 Å². The molecule has 8 rings (SSSR count). The molecular weight excluding hydrogens is 857 g/mol. The SMILES string of the molecule is CN1C(=O)C(c2ccc(OC(F)(F)F)cc2)(c2cccc(-c3cccnc3F)c2)N=C1N.CN1C(=O)[C@@](c2ccc(OC(F)(F)F)cc2)(c2cccc(-c3cccnc3F)c2)N=C1N. The summed E-state index contributed by atoms with van der Waals surface area (Å²) in [5.74, 6) is -3.43. The quantitative estimate of drug-likeness (QED) is 0.117. The number of guanidine groups is 2. The van der Waals surface area contributed by atoms with Crippen LogP contribution in [0.25, 0.3) is 22.3 Å². The fourth-order valence-corrected chi connectivity index (χ4v) is 7.19. The number of hydrogen-bond donors (Lipinski definition) is 2. The Morgan fingerprint density at radius 1 is 0.516 bits per heavy atom. The molecule has 64 heavy (non-hydrogen) atoms. The van der Waals surface area contributed by atoms with Gasteiger partial charge >= 0.3 is 12.7 Å². The normalized spacial score (nSPS) is 18.6. The molecule has 0 saturated heterocycles. The summed E-state index contributed by atoms with van der Waals surface area (Å²) in [6, 6.07) is 28.8. The van der Waals surface area contributed by atoms with Crippen molar-refractivity contribution in [2.24, 2.45) is 21.5 Å². The number of alkyl halides is 6. The van der Waals surface area contributed by atoms with Crippen molar-refractivity contribution in [3.63, 3.8) is 0 Å². The van der Waals surface area contributed by atoms with Crippen LogP contribution in [0.1, 0.15) is 22.3 Å². The molecule has 4 heterocycles. The van der Waals surface area contributed by atoms with E-state index in [1.54, 1.807) is 60.7 Å². The second-order valence-electron chi connectivity index (χ2n) is 14.1. The zero-order valence-corrected chi connectivity index (χ0v) is 33.2. The molecule has 1 unspecified atom stereocenters. The van der Waals surface area contributed by atoms with Crippen LogP contribution in [0.3, 0.4) is 0 Å². The van der Waals surface area contributed by atoms with E-state index in [-0.39, 0.29) is 34.2 Å². The number of carbonyl (C=O) groups excluding carboxylic acids is 2. The number of halogens is 8. The van der Waals surface area contributed by atoms with Gasteiger partial charge in [0, 0.05) is 37.6 Å². The topological polar surface area (TPSA) is 162 Å². The zero-order valence-electron chi connectivity index (χ0n) is 33.2. The summed E-state index contributed by atoms with van der Waals surface area (Å²) in [5.41, 5.74) is 11.1. The van der Waals surface area contributed by atoms with Crippen molar-refractivity contribution >= 4 is 23.7 Å². The predicted octanol–water partition coefficient (Wildman–Crippen LogP) is 7.63. The number of aromatic nitrogens is 2. The van der Waals surface area contributed by atoms with Gasteiger partial charge in [-0.3, -0.25) is 19.4 Å². The minimum absolute atomic E-state index is 0.0661. The van der Waals surface area contributed by atoms with Crippen molar-refractivity contribution in [2.75, 3.05) is 14.1 Å². The van der Waals surface area contributed by atoms with E-state index in [2.05, 4.69) is 29.4 Å². The fraction of sp³-hybridized carbons (Fsp3) is 0.136. The zero-order chi connectivity index (χ0) is 46.2. The van der Waals surface area contributed by atoms with Gasteiger partial charge in [-0.1, -0.05) is 60.7 Å². The Balaban J connectivity index is 0.000000191. The lowest BCUT2D eigenvalue weighted by atomic mass is 9.81. The molecule has 4 aromatic carbocycles. The van der Waals surface area contributed by atoms with Gasteiger partial charge in [0.2, 0.25) is 11.9 Å². The number of aliphatic imine (C=N–C) groups is 2. The molecule has 2 aromatic heterocycles. The third kappa shape index (κ3) is 8.48. The minimum atomic E-state index is -4.85. The van der Waals surface area contributed by atoms with E-state index in [1.165, 1.54) is 62.9 Å². The molecule has 0 bridgehead atoms. The second kappa shape index (κ2) is 16.8. The molecule has 0 spiro atoms. The molecule has 4 N–H and O–H groups in total. The molecule has 328 valence electrons. The number of rotatable bonds is 8. The van der Waals surface area contributed by atoms with Crippen LogP contribution in [-0.4, -0.2) is 70.3 Å². The fourth-order valence-electron chi connectivity index (χ4n) is 7.19. The van der Waals surface area contributed by atoms with Crippen LogP contribution >= 0.6 is 0 Å². The number of pyridine rings is 2. The van der Waals surface area contributed by atoms with E-state index in [0.29, 0.717) is 22.3 Å². The highest BCUT2D eigenvalue weighted by Gasteiger charge is 2.51. The summed E-state index contributed by atoms with van der Waals surface area (Å²) in [6.07, 6.45) is -7.08. The number of amides is 2. The molecule has 12 nitrogen and oxygen atoms in total. The Kier molecular flexibility index (Phi) is 11.6. The van der Waals surface area contributed by atoms with Gasteiger partial charge in [0.1, 0.15) is 11.5 Å². The van der Waals surface area contributed by atoms with Gasteiger partial charge in [-0.25, -0.2) is 20.0 Å². The molecule has 0 saturated carbocycles. The maximum Gasteiger partial charge on any atom is 0.573 e. The smallest absolute Gasteiger partial charge is 0.406 e. The lowest BCUT2D eigenvalue weighted by molar-refractivity contribution is -0.275. The number of nitrogens with two attached hydrogens (primary N) is 2. The Hall–Kier alpha value is -7.90. The number of likely N-dealkylation sites (N-methyl/N-ethyl adjacent to an activating group) is 2. The van der Waals surface area contributed by atoms with Gasteiger partial charge in [-0.2, -0.15) is 8.78 Å². The number of nitrogens with zero attached hydrogens (tertiary/aromatic N) is 6. The first-order valence-electron chi connectivity index (χ1n) is 18.7.